The van der Waals surface area contributed by atoms with Crippen molar-refractivity contribution in [1.82, 2.24) is 0 Å². The van der Waals surface area contributed by atoms with Gasteiger partial charge in [-0.15, -0.1) is 0 Å². The van der Waals surface area contributed by atoms with Gasteiger partial charge in [0.2, 0.25) is 6.10 Å². The van der Waals surface area contributed by atoms with Crippen LogP contribution in [0.2, 0.25) is 0 Å². The van der Waals surface area contributed by atoms with E-state index >= 15 is 0 Å². The number of benzene rings is 1. The fourth-order valence-electron chi connectivity index (χ4n) is 2.33. The molecule has 0 spiro atoms. The predicted octanol–water partition coefficient (Wildman–Crippen LogP) is 1.78. The number of rotatable bonds is 3. The molecule has 0 bridgehead atoms. The number of hydrogen-bond acceptors (Lipinski definition) is 6. The van der Waals surface area contributed by atoms with Crippen molar-refractivity contribution in [2.75, 3.05) is 14.2 Å². The van der Waals surface area contributed by atoms with Gasteiger partial charge >= 0.3 is 11.9 Å². The molecule has 1 aliphatic heterocycles. The van der Waals surface area contributed by atoms with Gasteiger partial charge in [0.25, 0.3) is 0 Å². The van der Waals surface area contributed by atoms with Crippen molar-refractivity contribution in [3.8, 4) is 11.8 Å². The molecule has 1 aliphatic rings. The van der Waals surface area contributed by atoms with Crippen LogP contribution in [0.15, 0.2) is 6.07 Å². The number of ether oxygens (including phenoxy) is 3. The highest BCUT2D eigenvalue weighted by Gasteiger charge is 2.37. The van der Waals surface area contributed by atoms with E-state index in [1.807, 2.05) is 13.0 Å². The first-order valence-electron chi connectivity index (χ1n) is 6.01. The lowest BCUT2D eigenvalue weighted by atomic mass is 9.94. The number of nitriles is 1. The van der Waals surface area contributed by atoms with Crippen molar-refractivity contribution in [3.05, 3.63) is 28.3 Å². The third-order valence-electron chi connectivity index (χ3n) is 3.21. The average molecular weight is 275 g/mol. The number of cyclic esters (lactones) is 1. The molecule has 1 atom stereocenters. The average Bonchev–Trinajstić information content (AvgIpc) is 2.80. The minimum Gasteiger partial charge on any atom is -0.496 e. The second-order valence-electron chi connectivity index (χ2n) is 4.16. The summed E-state index contributed by atoms with van der Waals surface area (Å²) >= 11 is 0. The van der Waals surface area contributed by atoms with Crippen LogP contribution >= 0.6 is 0 Å². The molecule has 104 valence electrons. The normalized spacial score (nSPS) is 16.1. The third-order valence-corrected chi connectivity index (χ3v) is 3.21. The third kappa shape index (κ3) is 1.88. The number of fused-ring (bicyclic) bond motifs is 1. The van der Waals surface area contributed by atoms with Crippen LogP contribution in [0.1, 0.15) is 44.9 Å². The molecule has 0 aromatic heterocycles. The Morgan fingerprint density at radius 1 is 1.50 bits per heavy atom. The molecule has 1 aromatic rings. The van der Waals surface area contributed by atoms with Crippen molar-refractivity contribution in [2.45, 2.75) is 19.4 Å². The second kappa shape index (κ2) is 5.21. The Hall–Kier alpha value is -2.55. The lowest BCUT2D eigenvalue weighted by molar-refractivity contribution is 0.0475. The zero-order valence-electron chi connectivity index (χ0n) is 11.4. The van der Waals surface area contributed by atoms with Gasteiger partial charge in [0.1, 0.15) is 17.4 Å². The monoisotopic (exact) mass is 275 g/mol. The van der Waals surface area contributed by atoms with Crippen LogP contribution in [0.3, 0.4) is 0 Å². The zero-order valence-corrected chi connectivity index (χ0v) is 11.4. The van der Waals surface area contributed by atoms with Crippen molar-refractivity contribution >= 4 is 11.9 Å². The van der Waals surface area contributed by atoms with Gasteiger partial charge in [0.15, 0.2) is 0 Å². The van der Waals surface area contributed by atoms with Gasteiger partial charge in [0, 0.05) is 11.1 Å². The molecule has 0 fully saturated rings. The summed E-state index contributed by atoms with van der Waals surface area (Å²) in [5.74, 6) is -0.887. The summed E-state index contributed by atoms with van der Waals surface area (Å²) in [6, 6.07) is 3.35. The van der Waals surface area contributed by atoms with Crippen LogP contribution in [0, 0.1) is 11.3 Å². The largest absolute Gasteiger partial charge is 0.496 e. The molecule has 2 rings (SSSR count). The Morgan fingerprint density at radius 2 is 2.20 bits per heavy atom. The lowest BCUT2D eigenvalue weighted by Gasteiger charge is -2.14. The standard InChI is InChI=1S/C14H13NO5/c1-4-7-8(13(16)19-3)5-9-10(6-15)20-14(17)11(9)12(7)18-2/h5,10H,4H2,1-3H3. The van der Waals surface area contributed by atoms with Gasteiger partial charge in [0.05, 0.1) is 19.8 Å². The molecule has 20 heavy (non-hydrogen) atoms. The molecule has 0 radical (unpaired) electrons. The number of carbonyl (C=O) groups is 2. The Kier molecular flexibility index (Phi) is 3.61. The summed E-state index contributed by atoms with van der Waals surface area (Å²) in [4.78, 5) is 23.7. The first-order valence-corrected chi connectivity index (χ1v) is 6.01. The number of esters is 2. The Balaban J connectivity index is 2.79. The van der Waals surface area contributed by atoms with E-state index in [0.29, 0.717) is 17.5 Å². The minimum absolute atomic E-state index is 0.212. The Bertz CT molecular complexity index is 629. The van der Waals surface area contributed by atoms with Crippen LogP contribution in [0.25, 0.3) is 0 Å². The fourth-order valence-corrected chi connectivity index (χ4v) is 2.33. The number of methoxy groups -OCH3 is 2. The summed E-state index contributed by atoms with van der Waals surface area (Å²) in [7, 11) is 2.67. The topological polar surface area (TPSA) is 85.6 Å². The quantitative estimate of drug-likeness (QED) is 0.781. The van der Waals surface area contributed by atoms with Crippen molar-refractivity contribution < 1.29 is 23.8 Å². The molecule has 1 unspecified atom stereocenters. The summed E-state index contributed by atoms with van der Waals surface area (Å²) < 4.78 is 14.9. The van der Waals surface area contributed by atoms with Crippen molar-refractivity contribution in [2.24, 2.45) is 0 Å². The predicted molar refractivity (Wildman–Crippen MR) is 67.5 cm³/mol. The number of carbonyl (C=O) groups excluding carboxylic acids is 2. The van der Waals surface area contributed by atoms with Crippen LogP contribution < -0.4 is 4.74 Å². The van der Waals surface area contributed by atoms with Crippen molar-refractivity contribution in [1.29, 1.82) is 5.26 Å². The first kappa shape index (κ1) is 13.9. The number of nitrogens with zero attached hydrogens (tertiary/aromatic N) is 1. The van der Waals surface area contributed by atoms with Gasteiger partial charge < -0.3 is 14.2 Å². The number of hydrogen-bond donors (Lipinski definition) is 0. The maximum absolute atomic E-state index is 11.9. The molecule has 0 saturated heterocycles. The molecule has 6 heteroatoms. The van der Waals surface area contributed by atoms with Crippen LogP contribution in [0.4, 0.5) is 0 Å². The summed E-state index contributed by atoms with van der Waals surface area (Å²) in [6.07, 6.45) is -0.550. The summed E-state index contributed by atoms with van der Waals surface area (Å²) in [6.45, 7) is 1.83. The highest BCUT2D eigenvalue weighted by atomic mass is 16.6. The molecular weight excluding hydrogens is 262 g/mol. The molecule has 0 aliphatic carbocycles. The maximum Gasteiger partial charge on any atom is 0.344 e. The van der Waals surface area contributed by atoms with Gasteiger partial charge in [-0.1, -0.05) is 6.92 Å². The Labute approximate surface area is 115 Å². The van der Waals surface area contributed by atoms with Gasteiger partial charge in [-0.25, -0.2) is 9.59 Å². The maximum atomic E-state index is 11.9. The van der Waals surface area contributed by atoms with Crippen LogP contribution in [0.5, 0.6) is 5.75 Å². The highest BCUT2D eigenvalue weighted by Crippen LogP contribution is 2.40. The van der Waals surface area contributed by atoms with E-state index in [4.69, 9.17) is 19.5 Å². The molecule has 0 amide bonds. The Morgan fingerprint density at radius 3 is 2.70 bits per heavy atom. The van der Waals surface area contributed by atoms with Gasteiger partial charge in [-0.3, -0.25) is 0 Å². The van der Waals surface area contributed by atoms with E-state index in [1.165, 1.54) is 20.3 Å². The molecular formula is C14H13NO5. The van der Waals surface area contributed by atoms with E-state index < -0.39 is 18.0 Å². The molecule has 1 heterocycles. The first-order chi connectivity index (χ1) is 9.58. The SMILES string of the molecule is CCc1c(C(=O)OC)cc2c(c1OC)C(=O)OC2C#N. The summed E-state index contributed by atoms with van der Waals surface area (Å²) in [5, 5.41) is 9.02. The van der Waals surface area contributed by atoms with E-state index in [1.54, 1.807) is 0 Å². The molecule has 0 saturated carbocycles. The van der Waals surface area contributed by atoms with Crippen LogP contribution in [-0.2, 0) is 15.9 Å². The molecule has 1 aromatic carbocycles. The highest BCUT2D eigenvalue weighted by molar-refractivity contribution is 6.01. The van der Waals surface area contributed by atoms with Crippen molar-refractivity contribution in [3.63, 3.8) is 0 Å². The second-order valence-corrected chi connectivity index (χ2v) is 4.16. The molecule has 0 N–H and O–H groups in total. The smallest absolute Gasteiger partial charge is 0.344 e. The van der Waals surface area contributed by atoms with E-state index in [9.17, 15) is 9.59 Å². The van der Waals surface area contributed by atoms with E-state index in [2.05, 4.69) is 0 Å². The molecule has 6 nitrogen and oxygen atoms in total. The summed E-state index contributed by atoms with van der Waals surface area (Å²) in [5.41, 5.74) is 1.40. The van der Waals surface area contributed by atoms with Gasteiger partial charge in [-0.2, -0.15) is 5.26 Å². The van der Waals surface area contributed by atoms with E-state index in [0.717, 1.165) is 0 Å². The fraction of sp³-hybridized carbons (Fsp3) is 0.357. The zero-order chi connectivity index (χ0) is 14.9. The lowest BCUT2D eigenvalue weighted by Crippen LogP contribution is -2.10. The minimum atomic E-state index is -1.03. The van der Waals surface area contributed by atoms with E-state index in [-0.39, 0.29) is 16.9 Å². The van der Waals surface area contributed by atoms with Gasteiger partial charge in [-0.05, 0) is 12.5 Å². The van der Waals surface area contributed by atoms with Crippen LogP contribution in [-0.4, -0.2) is 26.2 Å².